The summed E-state index contributed by atoms with van der Waals surface area (Å²) >= 11 is 0. The van der Waals surface area contributed by atoms with E-state index in [4.69, 9.17) is 5.73 Å². The molecule has 1 heterocycles. The summed E-state index contributed by atoms with van der Waals surface area (Å²) < 4.78 is 0. The number of rotatable bonds is 4. The maximum Gasteiger partial charge on any atom is 0.223 e. The second-order valence-electron chi connectivity index (χ2n) is 5.01. The molecule has 4 heteroatoms. The molecule has 0 amide bonds. The van der Waals surface area contributed by atoms with Gasteiger partial charge in [-0.25, -0.2) is 9.97 Å². The molecule has 0 aliphatic heterocycles. The van der Waals surface area contributed by atoms with Gasteiger partial charge < -0.3 is 11.1 Å². The van der Waals surface area contributed by atoms with Gasteiger partial charge in [0.1, 0.15) is 0 Å². The standard InChI is InChI=1S/C13H22N4/c1-9-7-10(2)16-13(15-9)17-12(8-14)11-5-3-4-6-11/h7,11-12H,3-6,8,14H2,1-2H3,(H,15,16,17). The summed E-state index contributed by atoms with van der Waals surface area (Å²) in [6, 6.07) is 2.30. The first-order valence-corrected chi connectivity index (χ1v) is 6.48. The van der Waals surface area contributed by atoms with Crippen molar-refractivity contribution in [3.63, 3.8) is 0 Å². The number of hydrogen-bond donors (Lipinski definition) is 2. The third-order valence-corrected chi connectivity index (χ3v) is 3.52. The van der Waals surface area contributed by atoms with Crippen LogP contribution in [-0.2, 0) is 0 Å². The average Bonchev–Trinajstić information content (AvgIpc) is 2.77. The van der Waals surface area contributed by atoms with Crippen LogP contribution in [0.15, 0.2) is 6.07 Å². The first kappa shape index (κ1) is 12.3. The van der Waals surface area contributed by atoms with Crippen molar-refractivity contribution in [3.8, 4) is 0 Å². The first-order chi connectivity index (χ1) is 8.19. The SMILES string of the molecule is Cc1cc(C)nc(NC(CN)C2CCCC2)n1. The molecule has 2 rings (SSSR count). The summed E-state index contributed by atoms with van der Waals surface area (Å²) in [5, 5.41) is 3.41. The molecule has 1 aromatic rings. The summed E-state index contributed by atoms with van der Waals surface area (Å²) in [6.45, 7) is 4.64. The second-order valence-corrected chi connectivity index (χ2v) is 5.01. The van der Waals surface area contributed by atoms with Gasteiger partial charge in [0.2, 0.25) is 5.95 Å². The quantitative estimate of drug-likeness (QED) is 0.836. The van der Waals surface area contributed by atoms with Gasteiger partial charge in [-0.05, 0) is 38.7 Å². The highest BCUT2D eigenvalue weighted by atomic mass is 15.1. The van der Waals surface area contributed by atoms with Gasteiger partial charge in [0, 0.05) is 24.0 Å². The molecule has 1 aromatic heterocycles. The Morgan fingerprint density at radius 3 is 2.41 bits per heavy atom. The third-order valence-electron chi connectivity index (χ3n) is 3.52. The number of aromatic nitrogens is 2. The zero-order valence-electron chi connectivity index (χ0n) is 10.7. The van der Waals surface area contributed by atoms with Crippen LogP contribution in [-0.4, -0.2) is 22.6 Å². The van der Waals surface area contributed by atoms with Crippen molar-refractivity contribution in [2.45, 2.75) is 45.6 Å². The molecule has 1 aliphatic rings. The number of nitrogens with zero attached hydrogens (tertiary/aromatic N) is 2. The summed E-state index contributed by atoms with van der Waals surface area (Å²) in [4.78, 5) is 8.83. The number of anilines is 1. The topological polar surface area (TPSA) is 63.8 Å². The third kappa shape index (κ3) is 3.16. The van der Waals surface area contributed by atoms with Crippen molar-refractivity contribution in [2.24, 2.45) is 11.7 Å². The van der Waals surface area contributed by atoms with E-state index in [9.17, 15) is 0 Å². The normalized spacial score (nSPS) is 18.3. The molecule has 0 saturated heterocycles. The minimum atomic E-state index is 0.318. The summed E-state index contributed by atoms with van der Waals surface area (Å²) in [6.07, 6.45) is 5.21. The molecule has 94 valence electrons. The van der Waals surface area contributed by atoms with Crippen molar-refractivity contribution in [3.05, 3.63) is 17.5 Å². The molecule has 0 aromatic carbocycles. The lowest BCUT2D eigenvalue weighted by Gasteiger charge is -2.23. The smallest absolute Gasteiger partial charge is 0.223 e. The van der Waals surface area contributed by atoms with E-state index >= 15 is 0 Å². The molecule has 4 nitrogen and oxygen atoms in total. The van der Waals surface area contributed by atoms with Crippen LogP contribution in [0.25, 0.3) is 0 Å². The predicted molar refractivity (Wildman–Crippen MR) is 69.9 cm³/mol. The first-order valence-electron chi connectivity index (χ1n) is 6.48. The second kappa shape index (κ2) is 5.45. The molecule has 0 spiro atoms. The Kier molecular flexibility index (Phi) is 3.94. The maximum atomic E-state index is 5.86. The molecule has 17 heavy (non-hydrogen) atoms. The Morgan fingerprint density at radius 1 is 1.29 bits per heavy atom. The number of nitrogens with two attached hydrogens (primary N) is 1. The van der Waals surface area contributed by atoms with E-state index in [0.29, 0.717) is 18.5 Å². The predicted octanol–water partition coefficient (Wildman–Crippen LogP) is 2.02. The van der Waals surface area contributed by atoms with E-state index in [1.165, 1.54) is 25.7 Å². The van der Waals surface area contributed by atoms with Crippen LogP contribution < -0.4 is 11.1 Å². The van der Waals surface area contributed by atoms with E-state index in [-0.39, 0.29) is 0 Å². The van der Waals surface area contributed by atoms with E-state index in [1.54, 1.807) is 0 Å². The molecule has 1 fully saturated rings. The van der Waals surface area contributed by atoms with Gasteiger partial charge in [-0.2, -0.15) is 0 Å². The summed E-state index contributed by atoms with van der Waals surface area (Å²) in [5.74, 6) is 1.41. The van der Waals surface area contributed by atoms with Crippen LogP contribution in [0.3, 0.4) is 0 Å². The highest BCUT2D eigenvalue weighted by Gasteiger charge is 2.24. The highest BCUT2D eigenvalue weighted by molar-refractivity contribution is 5.29. The molecular weight excluding hydrogens is 212 g/mol. The molecule has 1 unspecified atom stereocenters. The molecule has 1 aliphatic carbocycles. The Bertz CT molecular complexity index is 351. The van der Waals surface area contributed by atoms with Crippen molar-refractivity contribution >= 4 is 5.95 Å². The maximum absolute atomic E-state index is 5.86. The van der Waals surface area contributed by atoms with Crippen LogP contribution in [0.2, 0.25) is 0 Å². The summed E-state index contributed by atoms with van der Waals surface area (Å²) in [7, 11) is 0. The highest BCUT2D eigenvalue weighted by Crippen LogP contribution is 2.28. The molecule has 0 bridgehead atoms. The van der Waals surface area contributed by atoms with Crippen LogP contribution in [0, 0.1) is 19.8 Å². The minimum absolute atomic E-state index is 0.318. The number of nitrogens with one attached hydrogen (secondary N) is 1. The number of aryl methyl sites for hydroxylation is 2. The number of hydrogen-bond acceptors (Lipinski definition) is 4. The Labute approximate surface area is 103 Å². The van der Waals surface area contributed by atoms with Gasteiger partial charge in [0.15, 0.2) is 0 Å². The average molecular weight is 234 g/mol. The van der Waals surface area contributed by atoms with Gasteiger partial charge in [0.25, 0.3) is 0 Å². The van der Waals surface area contributed by atoms with Gasteiger partial charge >= 0.3 is 0 Å². The molecule has 1 saturated carbocycles. The Morgan fingerprint density at radius 2 is 1.88 bits per heavy atom. The lowest BCUT2D eigenvalue weighted by Crippen LogP contribution is -2.35. The van der Waals surface area contributed by atoms with Gasteiger partial charge in [-0.15, -0.1) is 0 Å². The lowest BCUT2D eigenvalue weighted by molar-refractivity contribution is 0.460. The fraction of sp³-hybridized carbons (Fsp3) is 0.692. The van der Waals surface area contributed by atoms with Gasteiger partial charge in [-0.1, -0.05) is 12.8 Å². The summed E-state index contributed by atoms with van der Waals surface area (Å²) in [5.41, 5.74) is 7.86. The van der Waals surface area contributed by atoms with Crippen LogP contribution >= 0.6 is 0 Å². The van der Waals surface area contributed by atoms with Crippen molar-refractivity contribution in [2.75, 3.05) is 11.9 Å². The van der Waals surface area contributed by atoms with Crippen molar-refractivity contribution < 1.29 is 0 Å². The van der Waals surface area contributed by atoms with Crippen molar-refractivity contribution in [1.29, 1.82) is 0 Å². The fourth-order valence-corrected chi connectivity index (χ4v) is 2.69. The fourth-order valence-electron chi connectivity index (χ4n) is 2.69. The van der Waals surface area contributed by atoms with Crippen LogP contribution in [0.1, 0.15) is 37.1 Å². The Hall–Kier alpha value is -1.16. The zero-order valence-corrected chi connectivity index (χ0v) is 10.7. The molecule has 0 radical (unpaired) electrons. The lowest BCUT2D eigenvalue weighted by atomic mass is 9.98. The molecular formula is C13H22N4. The van der Waals surface area contributed by atoms with E-state index < -0.39 is 0 Å². The van der Waals surface area contributed by atoms with Crippen LogP contribution in [0.4, 0.5) is 5.95 Å². The van der Waals surface area contributed by atoms with Crippen molar-refractivity contribution in [1.82, 2.24) is 9.97 Å². The molecule has 3 N–H and O–H groups in total. The largest absolute Gasteiger partial charge is 0.350 e. The van der Waals surface area contributed by atoms with Crippen LogP contribution in [0.5, 0.6) is 0 Å². The van der Waals surface area contributed by atoms with E-state index in [2.05, 4.69) is 15.3 Å². The van der Waals surface area contributed by atoms with E-state index in [0.717, 1.165) is 17.3 Å². The van der Waals surface area contributed by atoms with Gasteiger partial charge in [0.05, 0.1) is 0 Å². The zero-order chi connectivity index (χ0) is 12.3. The van der Waals surface area contributed by atoms with Gasteiger partial charge in [-0.3, -0.25) is 0 Å². The minimum Gasteiger partial charge on any atom is -0.350 e. The monoisotopic (exact) mass is 234 g/mol. The van der Waals surface area contributed by atoms with E-state index in [1.807, 2.05) is 19.9 Å². The Balaban J connectivity index is 2.06. The molecule has 1 atom stereocenters.